The number of halogens is 3. The highest BCUT2D eigenvalue weighted by atomic mass is 19.4. The quantitative estimate of drug-likeness (QED) is 0.745. The van der Waals surface area contributed by atoms with Crippen LogP contribution in [0, 0.1) is 0 Å². The summed E-state index contributed by atoms with van der Waals surface area (Å²) >= 11 is 0. The molecular weight excluding hydrogens is 315 g/mol. The fraction of sp³-hybridized carbons (Fsp3) is 0.316. The fourth-order valence-electron chi connectivity index (χ4n) is 3.29. The van der Waals surface area contributed by atoms with Crippen LogP contribution in [0.1, 0.15) is 40.2 Å². The van der Waals surface area contributed by atoms with Gasteiger partial charge in [-0.3, -0.25) is 4.79 Å². The Morgan fingerprint density at radius 3 is 2.25 bits per heavy atom. The number of carbonyl (C=O) groups excluding carboxylic acids is 1. The zero-order valence-corrected chi connectivity index (χ0v) is 13.1. The zero-order chi connectivity index (χ0) is 17.2. The minimum Gasteiger partial charge on any atom is -0.371 e. The summed E-state index contributed by atoms with van der Waals surface area (Å²) in [6.07, 6.45) is -2.09. The number of carbonyl (C=O) groups is 1. The largest absolute Gasteiger partial charge is 0.416 e. The van der Waals surface area contributed by atoms with Crippen molar-refractivity contribution in [3.8, 4) is 0 Å². The predicted molar refractivity (Wildman–Crippen MR) is 87.5 cm³/mol. The third kappa shape index (κ3) is 3.45. The van der Waals surface area contributed by atoms with Gasteiger partial charge in [0.15, 0.2) is 6.29 Å². The van der Waals surface area contributed by atoms with Gasteiger partial charge in [0.25, 0.3) is 0 Å². The molecule has 2 aromatic carbocycles. The van der Waals surface area contributed by atoms with Crippen molar-refractivity contribution in [3.05, 3.63) is 65.2 Å². The molecule has 1 aliphatic heterocycles. The lowest BCUT2D eigenvalue weighted by atomic mass is 9.89. The van der Waals surface area contributed by atoms with E-state index in [0.29, 0.717) is 17.9 Å². The van der Waals surface area contributed by atoms with E-state index in [1.807, 2.05) is 23.1 Å². The van der Waals surface area contributed by atoms with Crippen LogP contribution in [0.15, 0.2) is 48.5 Å². The summed E-state index contributed by atoms with van der Waals surface area (Å²) in [6.45, 7) is 1.46. The van der Waals surface area contributed by atoms with Gasteiger partial charge in [-0.25, -0.2) is 0 Å². The maximum Gasteiger partial charge on any atom is 0.416 e. The van der Waals surface area contributed by atoms with E-state index in [-0.39, 0.29) is 5.56 Å². The van der Waals surface area contributed by atoms with Crippen molar-refractivity contribution in [1.82, 2.24) is 0 Å². The predicted octanol–water partition coefficient (Wildman–Crippen LogP) is 4.90. The number of anilines is 1. The average Bonchev–Trinajstić information content (AvgIpc) is 2.61. The first kappa shape index (κ1) is 16.6. The molecule has 0 aromatic heterocycles. The molecule has 1 heterocycles. The second-order valence-electron chi connectivity index (χ2n) is 6.06. The Hall–Kier alpha value is -2.30. The summed E-state index contributed by atoms with van der Waals surface area (Å²) in [7, 11) is 0. The SMILES string of the molecule is O=Cc1cc(C(F)(F)F)ccc1N1CCC(c2ccccc2)CC1. The monoisotopic (exact) mass is 333 g/mol. The Morgan fingerprint density at radius 1 is 1.00 bits per heavy atom. The van der Waals surface area contributed by atoms with Crippen molar-refractivity contribution >= 4 is 12.0 Å². The highest BCUT2D eigenvalue weighted by Gasteiger charge is 2.31. The molecule has 0 bridgehead atoms. The van der Waals surface area contributed by atoms with Gasteiger partial charge in [-0.05, 0) is 42.5 Å². The second-order valence-corrected chi connectivity index (χ2v) is 6.06. The van der Waals surface area contributed by atoms with Crippen LogP contribution < -0.4 is 4.90 Å². The number of benzene rings is 2. The van der Waals surface area contributed by atoms with Crippen LogP contribution in [0.4, 0.5) is 18.9 Å². The van der Waals surface area contributed by atoms with Crippen LogP contribution >= 0.6 is 0 Å². The first-order valence-corrected chi connectivity index (χ1v) is 7.95. The standard InChI is InChI=1S/C19H18F3NO/c20-19(21,22)17-6-7-18(16(12-17)13-24)23-10-8-15(9-11-23)14-4-2-1-3-5-14/h1-7,12-13,15H,8-11H2. The zero-order valence-electron chi connectivity index (χ0n) is 13.1. The number of aldehydes is 1. The van der Waals surface area contributed by atoms with Gasteiger partial charge < -0.3 is 4.90 Å². The molecule has 0 amide bonds. The minimum absolute atomic E-state index is 0.1000. The van der Waals surface area contributed by atoms with Crippen LogP contribution in [0.25, 0.3) is 0 Å². The maximum atomic E-state index is 12.8. The summed E-state index contributed by atoms with van der Waals surface area (Å²) < 4.78 is 38.4. The first-order chi connectivity index (χ1) is 11.5. The third-order valence-corrected chi connectivity index (χ3v) is 4.59. The highest BCUT2D eigenvalue weighted by Crippen LogP contribution is 2.35. The van der Waals surface area contributed by atoms with Crippen LogP contribution in [0.2, 0.25) is 0 Å². The molecule has 0 N–H and O–H groups in total. The maximum absolute atomic E-state index is 12.8. The average molecular weight is 333 g/mol. The number of nitrogens with zero attached hydrogens (tertiary/aromatic N) is 1. The fourth-order valence-corrected chi connectivity index (χ4v) is 3.29. The molecule has 3 rings (SSSR count). The van der Waals surface area contributed by atoms with Crippen molar-refractivity contribution in [2.45, 2.75) is 24.9 Å². The van der Waals surface area contributed by atoms with Gasteiger partial charge in [-0.15, -0.1) is 0 Å². The molecule has 1 aliphatic rings. The molecule has 0 atom stereocenters. The summed E-state index contributed by atoms with van der Waals surface area (Å²) in [6, 6.07) is 13.6. The lowest BCUT2D eigenvalue weighted by Crippen LogP contribution is -2.33. The Kier molecular flexibility index (Phi) is 4.60. The van der Waals surface area contributed by atoms with Gasteiger partial charge >= 0.3 is 6.18 Å². The van der Waals surface area contributed by atoms with Crippen LogP contribution in [0.5, 0.6) is 0 Å². The van der Waals surface area contributed by atoms with Crippen molar-refractivity contribution in [3.63, 3.8) is 0 Å². The van der Waals surface area contributed by atoms with E-state index in [9.17, 15) is 18.0 Å². The van der Waals surface area contributed by atoms with E-state index in [1.54, 1.807) is 0 Å². The summed E-state index contributed by atoms with van der Waals surface area (Å²) in [5.74, 6) is 0.455. The van der Waals surface area contributed by atoms with E-state index in [4.69, 9.17) is 0 Å². The Morgan fingerprint density at radius 2 is 1.67 bits per heavy atom. The van der Waals surface area contributed by atoms with E-state index in [1.165, 1.54) is 11.6 Å². The molecule has 0 radical (unpaired) electrons. The molecule has 1 saturated heterocycles. The van der Waals surface area contributed by atoms with Crippen LogP contribution in [0.3, 0.4) is 0 Å². The molecule has 0 unspecified atom stereocenters. The number of rotatable bonds is 3. The highest BCUT2D eigenvalue weighted by molar-refractivity contribution is 5.85. The lowest BCUT2D eigenvalue weighted by Gasteiger charge is -2.34. The van der Waals surface area contributed by atoms with Gasteiger partial charge in [0.05, 0.1) is 5.56 Å². The first-order valence-electron chi connectivity index (χ1n) is 7.95. The Bertz CT molecular complexity index is 704. The van der Waals surface area contributed by atoms with Gasteiger partial charge in [0, 0.05) is 24.3 Å². The van der Waals surface area contributed by atoms with Crippen molar-refractivity contribution in [1.29, 1.82) is 0 Å². The molecule has 126 valence electrons. The number of hydrogen-bond donors (Lipinski definition) is 0. The topological polar surface area (TPSA) is 20.3 Å². The van der Waals surface area contributed by atoms with Crippen molar-refractivity contribution in [2.75, 3.05) is 18.0 Å². The third-order valence-electron chi connectivity index (χ3n) is 4.59. The van der Waals surface area contributed by atoms with Gasteiger partial charge in [-0.2, -0.15) is 13.2 Å². The van der Waals surface area contributed by atoms with E-state index < -0.39 is 11.7 Å². The minimum atomic E-state index is -4.43. The number of piperidine rings is 1. The summed E-state index contributed by atoms with van der Waals surface area (Å²) in [5.41, 5.74) is 1.19. The molecule has 2 aromatic rings. The number of alkyl halides is 3. The molecule has 0 saturated carbocycles. The van der Waals surface area contributed by atoms with Gasteiger partial charge in [-0.1, -0.05) is 30.3 Å². The van der Waals surface area contributed by atoms with Crippen molar-refractivity contribution in [2.24, 2.45) is 0 Å². The molecule has 0 spiro atoms. The second kappa shape index (κ2) is 6.67. The van der Waals surface area contributed by atoms with Crippen LogP contribution in [-0.2, 0) is 6.18 Å². The lowest BCUT2D eigenvalue weighted by molar-refractivity contribution is -0.137. The van der Waals surface area contributed by atoms with E-state index in [0.717, 1.165) is 38.1 Å². The van der Waals surface area contributed by atoms with Gasteiger partial charge in [0.2, 0.25) is 0 Å². The number of hydrogen-bond acceptors (Lipinski definition) is 2. The smallest absolute Gasteiger partial charge is 0.371 e. The molecule has 1 fully saturated rings. The van der Waals surface area contributed by atoms with E-state index in [2.05, 4.69) is 12.1 Å². The molecule has 0 aliphatic carbocycles. The molecule has 2 nitrogen and oxygen atoms in total. The van der Waals surface area contributed by atoms with Crippen LogP contribution in [-0.4, -0.2) is 19.4 Å². The molecular formula is C19H18F3NO. The molecule has 5 heteroatoms. The normalized spacial score (nSPS) is 16.2. The Labute approximate surface area is 138 Å². The summed E-state index contributed by atoms with van der Waals surface area (Å²) in [4.78, 5) is 13.2. The van der Waals surface area contributed by atoms with Gasteiger partial charge in [0.1, 0.15) is 0 Å². The van der Waals surface area contributed by atoms with Crippen molar-refractivity contribution < 1.29 is 18.0 Å². The summed E-state index contributed by atoms with van der Waals surface area (Å²) in [5, 5.41) is 0. The molecule has 24 heavy (non-hydrogen) atoms. The van der Waals surface area contributed by atoms with E-state index >= 15 is 0 Å². The Balaban J connectivity index is 1.76.